The van der Waals surface area contributed by atoms with Gasteiger partial charge in [0.1, 0.15) is 6.54 Å². The Bertz CT molecular complexity index is 2050. The number of rotatable bonds is 10. The number of benzene rings is 2. The van der Waals surface area contributed by atoms with E-state index < -0.39 is 0 Å². The minimum absolute atomic E-state index is 0.0130. The van der Waals surface area contributed by atoms with Crippen LogP contribution < -0.4 is 15.1 Å². The topological polar surface area (TPSA) is 112 Å². The number of hydrogen-bond donors (Lipinski definition) is 1. The molecule has 3 aromatic heterocycles. The first-order chi connectivity index (χ1) is 23.4. The summed E-state index contributed by atoms with van der Waals surface area (Å²) in [6, 6.07) is 14.3. The first-order valence-electron chi connectivity index (χ1n) is 16.6. The highest BCUT2D eigenvalue weighted by Gasteiger charge is 2.37. The predicted molar refractivity (Wildman–Crippen MR) is 191 cm³/mol. The molecule has 1 N–H and O–H groups in total. The van der Waals surface area contributed by atoms with E-state index in [0.717, 1.165) is 40.1 Å². The highest BCUT2D eigenvalue weighted by atomic mass is 35.5. The number of aryl methyl sites for hydroxylation is 4. The molecule has 0 unspecified atom stereocenters. The average Bonchev–Trinajstić information content (AvgIpc) is 3.79. The fourth-order valence-electron chi connectivity index (χ4n) is 6.20. The third-order valence-electron chi connectivity index (χ3n) is 9.70. The van der Waals surface area contributed by atoms with Crippen molar-refractivity contribution in [3.05, 3.63) is 105 Å². The number of carbonyl (C=O) groups is 2. The number of pyridine rings is 1. The summed E-state index contributed by atoms with van der Waals surface area (Å²) >= 11 is 6.60. The van der Waals surface area contributed by atoms with E-state index in [1.54, 1.807) is 0 Å². The SMILES string of the molecule is Cc1ccc(CN(Cc2ccc(C)c(C)c2)c2nnc(Cl)c(N[C@H](C)c3cn4cc(C5CC5)cc(N5CC(=O)N(C)C5=O)c4n3)n2)cc1C. The third-order valence-corrected chi connectivity index (χ3v) is 9.95. The summed E-state index contributed by atoms with van der Waals surface area (Å²) in [4.78, 5) is 40.0. The Labute approximate surface area is 290 Å². The van der Waals surface area contributed by atoms with Gasteiger partial charge in [0.2, 0.25) is 11.9 Å². The van der Waals surface area contributed by atoms with E-state index in [-0.39, 0.29) is 29.7 Å². The van der Waals surface area contributed by atoms with Crippen molar-refractivity contribution in [3.63, 3.8) is 0 Å². The number of imidazole rings is 1. The molecule has 1 saturated carbocycles. The molecule has 1 aliphatic carbocycles. The van der Waals surface area contributed by atoms with E-state index in [2.05, 4.69) is 90.7 Å². The molecule has 4 heterocycles. The lowest BCUT2D eigenvalue weighted by atomic mass is 10.0. The molecule has 1 atom stereocenters. The number of halogens is 1. The number of carbonyl (C=O) groups excluding carboxylic acids is 2. The van der Waals surface area contributed by atoms with Gasteiger partial charge < -0.3 is 14.6 Å². The first kappa shape index (κ1) is 32.5. The number of urea groups is 1. The van der Waals surface area contributed by atoms with Crippen molar-refractivity contribution in [3.8, 4) is 0 Å². The highest BCUT2D eigenvalue weighted by molar-refractivity contribution is 6.31. The van der Waals surface area contributed by atoms with Crippen molar-refractivity contribution >= 4 is 46.6 Å². The molecule has 2 aliphatic rings. The van der Waals surface area contributed by atoms with Crippen molar-refractivity contribution in [1.29, 1.82) is 0 Å². The van der Waals surface area contributed by atoms with Gasteiger partial charge >= 0.3 is 6.03 Å². The van der Waals surface area contributed by atoms with Gasteiger partial charge in [-0.15, -0.1) is 10.2 Å². The smallest absolute Gasteiger partial charge is 0.331 e. The van der Waals surface area contributed by atoms with Crippen molar-refractivity contribution in [2.75, 3.05) is 28.7 Å². The van der Waals surface area contributed by atoms with Crippen LogP contribution in [0.3, 0.4) is 0 Å². The molecule has 49 heavy (non-hydrogen) atoms. The number of nitrogens with zero attached hydrogens (tertiary/aromatic N) is 8. The maximum atomic E-state index is 13.0. The summed E-state index contributed by atoms with van der Waals surface area (Å²) in [6.45, 7) is 11.6. The Morgan fingerprint density at radius 3 is 2.12 bits per heavy atom. The zero-order valence-corrected chi connectivity index (χ0v) is 29.4. The minimum atomic E-state index is -0.354. The summed E-state index contributed by atoms with van der Waals surface area (Å²) in [6.07, 6.45) is 6.22. The number of imide groups is 1. The van der Waals surface area contributed by atoms with E-state index in [1.807, 2.05) is 23.6 Å². The number of anilines is 3. The van der Waals surface area contributed by atoms with Crippen LogP contribution in [0.2, 0.25) is 5.15 Å². The molecular formula is C37H40ClN9O2. The van der Waals surface area contributed by atoms with Crippen LogP contribution in [-0.2, 0) is 17.9 Å². The monoisotopic (exact) mass is 677 g/mol. The van der Waals surface area contributed by atoms with Crippen LogP contribution in [0.4, 0.5) is 22.2 Å². The van der Waals surface area contributed by atoms with Crippen LogP contribution in [0.25, 0.3) is 5.65 Å². The van der Waals surface area contributed by atoms with Crippen LogP contribution in [0.5, 0.6) is 0 Å². The fraction of sp³-hybridized carbons (Fsp3) is 0.351. The van der Waals surface area contributed by atoms with Crippen molar-refractivity contribution in [2.24, 2.45) is 0 Å². The van der Waals surface area contributed by atoms with Crippen molar-refractivity contribution in [1.82, 2.24) is 29.5 Å². The van der Waals surface area contributed by atoms with Gasteiger partial charge in [-0.3, -0.25) is 14.6 Å². The molecule has 2 fully saturated rings. The van der Waals surface area contributed by atoms with Gasteiger partial charge in [-0.2, -0.15) is 4.98 Å². The largest absolute Gasteiger partial charge is 0.359 e. The maximum Gasteiger partial charge on any atom is 0.331 e. The van der Waals surface area contributed by atoms with Gasteiger partial charge in [0.15, 0.2) is 16.6 Å². The molecule has 11 nitrogen and oxygen atoms in total. The lowest BCUT2D eigenvalue weighted by molar-refractivity contribution is -0.123. The van der Waals surface area contributed by atoms with Crippen LogP contribution in [-0.4, -0.2) is 55.0 Å². The van der Waals surface area contributed by atoms with Crippen molar-refractivity contribution in [2.45, 2.75) is 72.5 Å². The summed E-state index contributed by atoms with van der Waals surface area (Å²) in [5.74, 6) is 1.04. The van der Waals surface area contributed by atoms with Gasteiger partial charge in [0.05, 0.1) is 17.4 Å². The zero-order chi connectivity index (χ0) is 34.6. The molecule has 0 bridgehead atoms. The molecule has 252 valence electrons. The van der Waals surface area contributed by atoms with Gasteiger partial charge in [-0.25, -0.2) is 9.78 Å². The third kappa shape index (κ3) is 6.55. The molecule has 1 aliphatic heterocycles. The fourth-order valence-corrected chi connectivity index (χ4v) is 6.34. The number of nitrogens with one attached hydrogen (secondary N) is 1. The van der Waals surface area contributed by atoms with Crippen LogP contribution >= 0.6 is 11.6 Å². The standard InChI is InChI=1S/C37H40ClN9O2/c1-21-7-9-26(13-23(21)3)16-46(17-27-10-8-22(2)24(4)14-27)36-41-34(33(38)42-43-36)39-25(5)30-19-45-18-29(28-11-12-28)15-31(35(45)40-30)47-20-32(48)44(6)37(47)49/h7-10,13-15,18-19,25,28H,11-12,16-17,20H2,1-6H3,(H,39,41,43)/t25-/m1/s1. The summed E-state index contributed by atoms with van der Waals surface area (Å²) in [7, 11) is 1.51. The molecule has 5 aromatic rings. The Hall–Kier alpha value is -5.03. The molecule has 3 amide bonds. The normalized spacial score (nSPS) is 15.4. The van der Waals surface area contributed by atoms with E-state index in [0.29, 0.717) is 42.1 Å². The quantitative estimate of drug-likeness (QED) is 0.156. The molecule has 0 spiro atoms. The molecule has 2 aromatic carbocycles. The Kier molecular flexibility index (Phi) is 8.48. The Balaban J connectivity index is 1.20. The number of fused-ring (bicyclic) bond motifs is 1. The van der Waals surface area contributed by atoms with E-state index in [4.69, 9.17) is 21.6 Å². The van der Waals surface area contributed by atoms with E-state index in [9.17, 15) is 9.59 Å². The minimum Gasteiger partial charge on any atom is -0.359 e. The predicted octanol–water partition coefficient (Wildman–Crippen LogP) is 7.06. The summed E-state index contributed by atoms with van der Waals surface area (Å²) in [5, 5.41) is 12.3. The molecular weight excluding hydrogens is 638 g/mol. The average molecular weight is 678 g/mol. The van der Waals surface area contributed by atoms with E-state index in [1.165, 1.54) is 34.2 Å². The lowest BCUT2D eigenvalue weighted by Crippen LogP contribution is -2.30. The second-order valence-electron chi connectivity index (χ2n) is 13.5. The van der Waals surface area contributed by atoms with Crippen molar-refractivity contribution < 1.29 is 9.59 Å². The van der Waals surface area contributed by atoms with Gasteiger partial charge in [-0.05, 0) is 98.4 Å². The highest BCUT2D eigenvalue weighted by Crippen LogP contribution is 2.42. The number of likely N-dealkylation sites (N-methyl/N-ethyl adjacent to an activating group) is 1. The lowest BCUT2D eigenvalue weighted by Gasteiger charge is -2.24. The molecule has 12 heteroatoms. The second-order valence-corrected chi connectivity index (χ2v) is 13.8. The van der Waals surface area contributed by atoms with Crippen LogP contribution in [0.15, 0.2) is 54.9 Å². The number of amides is 3. The molecule has 0 radical (unpaired) electrons. The Morgan fingerprint density at radius 2 is 1.55 bits per heavy atom. The Morgan fingerprint density at radius 1 is 0.898 bits per heavy atom. The number of hydrogen-bond acceptors (Lipinski definition) is 8. The van der Waals surface area contributed by atoms with Gasteiger partial charge in [0, 0.05) is 32.5 Å². The summed E-state index contributed by atoms with van der Waals surface area (Å²) < 4.78 is 1.95. The van der Waals surface area contributed by atoms with Gasteiger partial charge in [-0.1, -0.05) is 48.0 Å². The van der Waals surface area contributed by atoms with Gasteiger partial charge in [0.25, 0.3) is 0 Å². The summed E-state index contributed by atoms with van der Waals surface area (Å²) in [5.41, 5.74) is 10.3. The van der Waals surface area contributed by atoms with E-state index >= 15 is 0 Å². The van der Waals surface area contributed by atoms with Crippen LogP contribution in [0.1, 0.15) is 76.4 Å². The zero-order valence-electron chi connectivity index (χ0n) is 28.7. The second kappa shape index (κ2) is 12.8. The molecule has 1 saturated heterocycles. The maximum absolute atomic E-state index is 13.0. The first-order valence-corrected chi connectivity index (χ1v) is 17.0. The molecule has 7 rings (SSSR count). The van der Waals surface area contributed by atoms with Crippen LogP contribution in [0, 0.1) is 27.7 Å². The number of aromatic nitrogens is 5.